The second kappa shape index (κ2) is 8.24. The lowest BCUT2D eigenvalue weighted by molar-refractivity contribution is -0.384. The van der Waals surface area contributed by atoms with E-state index in [9.17, 15) is 14.9 Å². The van der Waals surface area contributed by atoms with Crippen LogP contribution in [-0.4, -0.2) is 29.9 Å². The fourth-order valence-corrected chi connectivity index (χ4v) is 2.66. The van der Waals surface area contributed by atoms with Crippen LogP contribution in [0.2, 0.25) is 0 Å². The van der Waals surface area contributed by atoms with Gasteiger partial charge in [-0.25, -0.2) is 4.79 Å². The fraction of sp³-hybridized carbons (Fsp3) is 0.412. The molecule has 7 nitrogen and oxygen atoms in total. The van der Waals surface area contributed by atoms with Crippen LogP contribution in [0.5, 0.6) is 0 Å². The SMILES string of the molecule is COC(=O)c1cc([N+](=O)[O-])ccc1/C=C/CC1CCCCC(N)=N1. The van der Waals surface area contributed by atoms with Crippen LogP contribution in [0.1, 0.15) is 48.0 Å². The molecule has 1 aliphatic rings. The van der Waals surface area contributed by atoms with Crippen LogP contribution in [0.3, 0.4) is 0 Å². The van der Waals surface area contributed by atoms with E-state index in [1.54, 1.807) is 12.1 Å². The third-order valence-corrected chi connectivity index (χ3v) is 3.93. The summed E-state index contributed by atoms with van der Waals surface area (Å²) in [7, 11) is 1.25. The first-order valence-electron chi connectivity index (χ1n) is 7.86. The number of methoxy groups -OCH3 is 1. The third-order valence-electron chi connectivity index (χ3n) is 3.93. The second-order valence-electron chi connectivity index (χ2n) is 5.68. The first-order valence-corrected chi connectivity index (χ1v) is 7.86. The first-order chi connectivity index (χ1) is 11.5. The molecule has 0 aromatic heterocycles. The molecule has 0 amide bonds. The van der Waals surface area contributed by atoms with Gasteiger partial charge in [0.15, 0.2) is 0 Å². The van der Waals surface area contributed by atoms with E-state index in [1.165, 1.54) is 19.2 Å². The van der Waals surface area contributed by atoms with E-state index >= 15 is 0 Å². The second-order valence-corrected chi connectivity index (χ2v) is 5.68. The molecule has 2 N–H and O–H groups in total. The number of esters is 1. The Hall–Kier alpha value is -2.70. The lowest BCUT2D eigenvalue weighted by Crippen LogP contribution is -2.13. The molecule has 0 spiro atoms. The summed E-state index contributed by atoms with van der Waals surface area (Å²) in [6, 6.07) is 4.29. The topological polar surface area (TPSA) is 108 Å². The van der Waals surface area contributed by atoms with Gasteiger partial charge < -0.3 is 10.5 Å². The fourth-order valence-electron chi connectivity index (χ4n) is 2.66. The Morgan fingerprint density at radius 2 is 2.29 bits per heavy atom. The van der Waals surface area contributed by atoms with Crippen molar-refractivity contribution in [2.24, 2.45) is 10.7 Å². The van der Waals surface area contributed by atoms with Gasteiger partial charge in [-0.05, 0) is 30.9 Å². The number of nitrogens with zero attached hydrogens (tertiary/aromatic N) is 2. The lowest BCUT2D eigenvalue weighted by atomic mass is 10.0. The number of carbonyl (C=O) groups is 1. The van der Waals surface area contributed by atoms with Crippen LogP contribution >= 0.6 is 0 Å². The van der Waals surface area contributed by atoms with Gasteiger partial charge in [0.1, 0.15) is 0 Å². The highest BCUT2D eigenvalue weighted by molar-refractivity contribution is 5.94. The number of ether oxygens (including phenoxy) is 1. The predicted molar refractivity (Wildman–Crippen MR) is 92.0 cm³/mol. The molecular formula is C17H21N3O4. The maximum atomic E-state index is 11.8. The normalized spacial score (nSPS) is 18.0. The van der Waals surface area contributed by atoms with Gasteiger partial charge in [0.25, 0.3) is 5.69 Å². The summed E-state index contributed by atoms with van der Waals surface area (Å²) in [6.45, 7) is 0. The molecule has 0 saturated carbocycles. The molecule has 1 aromatic carbocycles. The Morgan fingerprint density at radius 3 is 3.00 bits per heavy atom. The molecule has 2 rings (SSSR count). The predicted octanol–water partition coefficient (Wildman–Crippen LogP) is 3.08. The largest absolute Gasteiger partial charge is 0.465 e. The van der Waals surface area contributed by atoms with Crippen molar-refractivity contribution in [2.45, 2.75) is 38.1 Å². The van der Waals surface area contributed by atoms with Crippen molar-refractivity contribution in [1.82, 2.24) is 0 Å². The van der Waals surface area contributed by atoms with Gasteiger partial charge >= 0.3 is 5.97 Å². The van der Waals surface area contributed by atoms with Gasteiger partial charge in [0.05, 0.1) is 29.5 Å². The molecule has 1 atom stereocenters. The smallest absolute Gasteiger partial charge is 0.338 e. The molecule has 7 heteroatoms. The molecule has 1 heterocycles. The Morgan fingerprint density at radius 1 is 1.50 bits per heavy atom. The molecule has 0 aliphatic carbocycles. The number of carbonyl (C=O) groups excluding carboxylic acids is 1. The Labute approximate surface area is 140 Å². The van der Waals surface area contributed by atoms with Crippen molar-refractivity contribution in [1.29, 1.82) is 0 Å². The van der Waals surface area contributed by atoms with E-state index in [4.69, 9.17) is 10.5 Å². The highest BCUT2D eigenvalue weighted by atomic mass is 16.6. The average molecular weight is 331 g/mol. The van der Waals surface area contributed by atoms with Crippen LogP contribution in [0.25, 0.3) is 6.08 Å². The summed E-state index contributed by atoms with van der Waals surface area (Å²) >= 11 is 0. The zero-order valence-electron chi connectivity index (χ0n) is 13.6. The van der Waals surface area contributed by atoms with Crippen LogP contribution in [0, 0.1) is 10.1 Å². The Kier molecular flexibility index (Phi) is 6.06. The molecular weight excluding hydrogens is 310 g/mol. The maximum absolute atomic E-state index is 11.8. The zero-order chi connectivity index (χ0) is 17.5. The number of nitro benzene ring substituents is 1. The van der Waals surface area contributed by atoms with Gasteiger partial charge in [-0.1, -0.05) is 18.6 Å². The standard InChI is InChI=1S/C17H21N3O4/c1-24-17(21)15-11-14(20(22)23)10-9-12(15)5-4-7-13-6-2-3-8-16(18)19-13/h4-5,9-11,13H,2-3,6-8H2,1H3,(H2,18,19)/b5-4+. The number of non-ortho nitro benzene ring substituents is 1. The van der Waals surface area contributed by atoms with Crippen molar-refractivity contribution in [3.8, 4) is 0 Å². The van der Waals surface area contributed by atoms with Crippen LogP contribution in [0.15, 0.2) is 29.3 Å². The summed E-state index contributed by atoms with van der Waals surface area (Å²) < 4.78 is 4.70. The maximum Gasteiger partial charge on any atom is 0.338 e. The van der Waals surface area contributed by atoms with E-state index in [0.717, 1.165) is 25.7 Å². The van der Waals surface area contributed by atoms with E-state index in [-0.39, 0.29) is 17.3 Å². The number of aliphatic imine (C=N–C) groups is 1. The van der Waals surface area contributed by atoms with Gasteiger partial charge in [-0.15, -0.1) is 0 Å². The minimum atomic E-state index is -0.602. The van der Waals surface area contributed by atoms with E-state index in [1.807, 2.05) is 6.08 Å². The number of nitro groups is 1. The minimum absolute atomic E-state index is 0.142. The Balaban J connectivity index is 2.17. The van der Waals surface area contributed by atoms with Crippen molar-refractivity contribution in [3.63, 3.8) is 0 Å². The van der Waals surface area contributed by atoms with Crippen LogP contribution < -0.4 is 5.73 Å². The molecule has 0 saturated heterocycles. The summed E-state index contributed by atoms with van der Waals surface area (Å²) in [5, 5.41) is 10.9. The molecule has 0 bridgehead atoms. The van der Waals surface area contributed by atoms with E-state index in [2.05, 4.69) is 4.99 Å². The molecule has 1 aliphatic heterocycles. The lowest BCUT2D eigenvalue weighted by Gasteiger charge is -2.08. The number of nitrogens with two attached hydrogens (primary N) is 1. The first kappa shape index (κ1) is 17.7. The number of hydrogen-bond donors (Lipinski definition) is 1. The molecule has 24 heavy (non-hydrogen) atoms. The summed E-state index contributed by atoms with van der Waals surface area (Å²) in [4.78, 5) is 26.7. The van der Waals surface area contributed by atoms with Gasteiger partial charge in [0, 0.05) is 18.6 Å². The molecule has 0 radical (unpaired) electrons. The summed E-state index contributed by atoms with van der Waals surface area (Å²) in [5.74, 6) is 0.0894. The van der Waals surface area contributed by atoms with Crippen molar-refractivity contribution in [3.05, 3.63) is 45.5 Å². The average Bonchev–Trinajstić information content (AvgIpc) is 2.78. The van der Waals surface area contributed by atoms with Gasteiger partial charge in [-0.2, -0.15) is 0 Å². The van der Waals surface area contributed by atoms with Crippen molar-refractivity contribution >= 4 is 23.6 Å². The quantitative estimate of drug-likeness (QED) is 0.507. The van der Waals surface area contributed by atoms with Gasteiger partial charge in [0.2, 0.25) is 0 Å². The number of amidine groups is 1. The minimum Gasteiger partial charge on any atom is -0.465 e. The third kappa shape index (κ3) is 4.65. The number of rotatable bonds is 5. The zero-order valence-corrected chi connectivity index (χ0v) is 13.6. The van der Waals surface area contributed by atoms with Gasteiger partial charge in [-0.3, -0.25) is 15.1 Å². The highest BCUT2D eigenvalue weighted by Crippen LogP contribution is 2.21. The van der Waals surface area contributed by atoms with Crippen LogP contribution in [-0.2, 0) is 4.74 Å². The molecule has 1 aromatic rings. The molecule has 128 valence electrons. The van der Waals surface area contributed by atoms with E-state index < -0.39 is 10.9 Å². The molecule has 1 unspecified atom stereocenters. The van der Waals surface area contributed by atoms with Crippen molar-refractivity contribution in [2.75, 3.05) is 7.11 Å². The monoisotopic (exact) mass is 331 g/mol. The summed E-state index contributed by atoms with van der Waals surface area (Å²) in [5.41, 5.74) is 6.45. The van der Waals surface area contributed by atoms with Crippen LogP contribution in [0.4, 0.5) is 5.69 Å². The van der Waals surface area contributed by atoms with E-state index in [0.29, 0.717) is 17.8 Å². The number of hydrogen-bond acceptors (Lipinski definition) is 6. The molecule has 0 fully saturated rings. The highest BCUT2D eigenvalue weighted by Gasteiger charge is 2.16. The Bertz CT molecular complexity index is 682. The summed E-state index contributed by atoms with van der Waals surface area (Å²) in [6.07, 6.45) is 8.37. The van der Waals surface area contributed by atoms with Crippen molar-refractivity contribution < 1.29 is 14.5 Å². The number of benzene rings is 1.